The number of amides is 2. The van der Waals surface area contributed by atoms with Crippen LogP contribution in [-0.2, 0) is 4.79 Å². The lowest BCUT2D eigenvalue weighted by Gasteiger charge is -2.13. The number of aromatic amines is 1. The monoisotopic (exact) mass is 506 g/mol. The number of carbonyl (C=O) groups excluding carboxylic acids is 2. The summed E-state index contributed by atoms with van der Waals surface area (Å²) < 4.78 is 37.8. The smallest absolute Gasteiger partial charge is 0.394 e. The Kier molecular flexibility index (Phi) is 6.82. The van der Waals surface area contributed by atoms with Gasteiger partial charge in [0.25, 0.3) is 5.91 Å². The fourth-order valence-corrected chi connectivity index (χ4v) is 3.69. The molecule has 1 saturated carbocycles. The minimum Gasteiger partial charge on any atom is -0.394 e. The highest BCUT2D eigenvalue weighted by Gasteiger charge is 2.30. The zero-order valence-corrected chi connectivity index (χ0v) is 19.2. The van der Waals surface area contributed by atoms with Crippen LogP contribution in [0.25, 0.3) is 0 Å². The van der Waals surface area contributed by atoms with E-state index in [1.165, 1.54) is 0 Å². The number of hydrogen-bond donors (Lipinski definition) is 5. The Hall–Kier alpha value is -3.81. The van der Waals surface area contributed by atoms with Gasteiger partial charge in [-0.15, -0.1) is 0 Å². The normalized spacial score (nSPS) is 13.4. The van der Waals surface area contributed by atoms with Crippen LogP contribution in [-0.4, -0.2) is 44.7 Å². The molecule has 1 aliphatic rings. The van der Waals surface area contributed by atoms with Crippen LogP contribution < -0.4 is 21.7 Å². The second-order valence-electron chi connectivity index (χ2n) is 7.87. The molecule has 0 bridgehead atoms. The van der Waals surface area contributed by atoms with E-state index in [1.807, 2.05) is 0 Å². The van der Waals surface area contributed by atoms with Crippen molar-refractivity contribution >= 4 is 46.6 Å². The Morgan fingerprint density at radius 1 is 1.20 bits per heavy atom. The Morgan fingerprint density at radius 3 is 2.51 bits per heavy atom. The van der Waals surface area contributed by atoms with Crippen molar-refractivity contribution in [1.82, 2.24) is 25.5 Å². The first-order chi connectivity index (χ1) is 16.6. The van der Waals surface area contributed by atoms with Crippen molar-refractivity contribution in [1.29, 1.82) is 0 Å². The summed E-state index contributed by atoms with van der Waals surface area (Å²) in [5.41, 5.74) is 6.76. The second kappa shape index (κ2) is 9.82. The standard InChI is InChI=1S/C21H21F3N8O2S/c1-10-8-14(32-31-10)28-17-15(25)16(19(34)26-9-21(22,23)24)29-20(30-17)35-13-6-4-12(5-7-13)27-18(33)11-2-3-11/h4-8,11H,2-3,9,25H2,1H3,(H,26,34)(H,27,33)(H2,28,29,30,31,32). The number of rotatable bonds is 8. The van der Waals surface area contributed by atoms with Gasteiger partial charge in [-0.2, -0.15) is 18.3 Å². The van der Waals surface area contributed by atoms with Crippen LogP contribution in [0.2, 0.25) is 0 Å². The van der Waals surface area contributed by atoms with Crippen molar-refractivity contribution in [3.63, 3.8) is 0 Å². The number of hydrogen-bond acceptors (Lipinski definition) is 8. The summed E-state index contributed by atoms with van der Waals surface area (Å²) in [5.74, 6) is -0.686. The lowest BCUT2D eigenvalue weighted by atomic mass is 10.3. The quantitative estimate of drug-likeness (QED) is 0.291. The summed E-state index contributed by atoms with van der Waals surface area (Å²) in [6, 6.07) is 8.53. The molecule has 1 aliphatic carbocycles. The molecule has 0 spiro atoms. The van der Waals surface area contributed by atoms with E-state index in [2.05, 4.69) is 30.8 Å². The fourth-order valence-electron chi connectivity index (χ4n) is 2.93. The van der Waals surface area contributed by atoms with Crippen molar-refractivity contribution in [2.24, 2.45) is 5.92 Å². The highest BCUT2D eigenvalue weighted by atomic mass is 32.2. The third-order valence-electron chi connectivity index (χ3n) is 4.82. The fraction of sp³-hybridized carbons (Fsp3) is 0.286. The molecule has 0 radical (unpaired) electrons. The number of alkyl halides is 3. The zero-order valence-electron chi connectivity index (χ0n) is 18.4. The number of nitrogens with two attached hydrogens (primary N) is 1. The van der Waals surface area contributed by atoms with Gasteiger partial charge in [0, 0.05) is 28.3 Å². The van der Waals surface area contributed by atoms with E-state index < -0.39 is 24.3 Å². The first-order valence-corrected chi connectivity index (χ1v) is 11.3. The minimum atomic E-state index is -4.60. The molecular weight excluding hydrogens is 485 g/mol. The van der Waals surface area contributed by atoms with E-state index in [4.69, 9.17) is 5.73 Å². The molecule has 2 amide bonds. The summed E-state index contributed by atoms with van der Waals surface area (Å²) in [4.78, 5) is 33.4. The van der Waals surface area contributed by atoms with Crippen LogP contribution >= 0.6 is 11.8 Å². The van der Waals surface area contributed by atoms with Gasteiger partial charge in [-0.25, -0.2) is 9.97 Å². The van der Waals surface area contributed by atoms with Crippen molar-refractivity contribution in [3.05, 3.63) is 41.7 Å². The molecule has 14 heteroatoms. The largest absolute Gasteiger partial charge is 0.405 e. The van der Waals surface area contributed by atoms with Crippen LogP contribution in [0.1, 0.15) is 29.0 Å². The van der Waals surface area contributed by atoms with Crippen LogP contribution in [0, 0.1) is 12.8 Å². The molecule has 6 N–H and O–H groups in total. The van der Waals surface area contributed by atoms with E-state index >= 15 is 0 Å². The molecule has 2 aromatic heterocycles. The summed E-state index contributed by atoms with van der Waals surface area (Å²) in [7, 11) is 0. The molecule has 0 unspecified atom stereocenters. The van der Waals surface area contributed by atoms with Gasteiger partial charge in [-0.3, -0.25) is 14.7 Å². The second-order valence-corrected chi connectivity index (χ2v) is 8.91. The van der Waals surface area contributed by atoms with Crippen molar-refractivity contribution in [2.45, 2.75) is 36.0 Å². The molecule has 1 aromatic carbocycles. The third kappa shape index (κ3) is 6.62. The molecule has 4 rings (SSSR count). The average Bonchev–Trinajstić information content (AvgIpc) is 3.57. The van der Waals surface area contributed by atoms with Crippen LogP contribution in [0.4, 0.5) is 36.2 Å². The molecular formula is C21H21F3N8O2S. The summed E-state index contributed by atoms with van der Waals surface area (Å²) in [6.07, 6.45) is -2.82. The van der Waals surface area contributed by atoms with Gasteiger partial charge in [0.1, 0.15) is 12.2 Å². The summed E-state index contributed by atoms with van der Waals surface area (Å²) >= 11 is 1.07. The molecule has 35 heavy (non-hydrogen) atoms. The molecule has 1 fully saturated rings. The number of nitrogens with zero attached hydrogens (tertiary/aromatic N) is 3. The van der Waals surface area contributed by atoms with Crippen LogP contribution in [0.15, 0.2) is 40.4 Å². The molecule has 3 aromatic rings. The Morgan fingerprint density at radius 2 is 1.91 bits per heavy atom. The van der Waals surface area contributed by atoms with Crippen molar-refractivity contribution < 1.29 is 22.8 Å². The molecule has 10 nitrogen and oxygen atoms in total. The van der Waals surface area contributed by atoms with Crippen LogP contribution in [0.3, 0.4) is 0 Å². The van der Waals surface area contributed by atoms with Crippen LogP contribution in [0.5, 0.6) is 0 Å². The van der Waals surface area contributed by atoms with Crippen molar-refractivity contribution in [3.8, 4) is 0 Å². The van der Waals surface area contributed by atoms with E-state index in [0.29, 0.717) is 16.4 Å². The topological polar surface area (TPSA) is 151 Å². The first-order valence-electron chi connectivity index (χ1n) is 10.5. The zero-order chi connectivity index (χ0) is 25.2. The number of aryl methyl sites for hydroxylation is 1. The predicted molar refractivity (Wildman–Crippen MR) is 123 cm³/mol. The SMILES string of the molecule is Cc1cc(Nc2nc(Sc3ccc(NC(=O)C4CC4)cc3)nc(C(=O)NCC(F)(F)F)c2N)n[nH]1. The highest BCUT2D eigenvalue weighted by Crippen LogP contribution is 2.32. The van der Waals surface area contributed by atoms with Gasteiger partial charge in [-0.05, 0) is 55.8 Å². The summed E-state index contributed by atoms with van der Waals surface area (Å²) in [6.45, 7) is 0.239. The van der Waals surface area contributed by atoms with Gasteiger partial charge in [0.15, 0.2) is 22.5 Å². The number of halogens is 3. The maximum absolute atomic E-state index is 12.6. The number of nitrogens with one attached hydrogen (secondary N) is 4. The van der Waals surface area contributed by atoms with Gasteiger partial charge in [0.2, 0.25) is 5.91 Å². The first kappa shape index (κ1) is 24.3. The maximum atomic E-state index is 12.6. The van der Waals surface area contributed by atoms with Gasteiger partial charge >= 0.3 is 6.18 Å². The Balaban J connectivity index is 1.57. The molecule has 0 atom stereocenters. The third-order valence-corrected chi connectivity index (χ3v) is 5.69. The van der Waals surface area contributed by atoms with Gasteiger partial charge in [0.05, 0.1) is 0 Å². The van der Waals surface area contributed by atoms with E-state index in [9.17, 15) is 22.8 Å². The molecule has 0 saturated heterocycles. The van der Waals surface area contributed by atoms with Gasteiger partial charge in [-0.1, -0.05) is 0 Å². The Bertz CT molecular complexity index is 1240. The number of carbonyl (C=O) groups is 2. The Labute approximate surface area is 201 Å². The molecule has 0 aliphatic heterocycles. The summed E-state index contributed by atoms with van der Waals surface area (Å²) in [5, 5.41) is 14.3. The van der Waals surface area contributed by atoms with Crippen molar-refractivity contribution in [2.75, 3.05) is 22.9 Å². The number of aromatic nitrogens is 4. The average molecular weight is 507 g/mol. The number of H-pyrrole nitrogens is 1. The highest BCUT2D eigenvalue weighted by molar-refractivity contribution is 7.99. The number of anilines is 4. The number of nitrogen functional groups attached to an aromatic ring is 1. The van der Waals surface area contributed by atoms with E-state index in [-0.39, 0.29) is 28.5 Å². The lowest BCUT2D eigenvalue weighted by molar-refractivity contribution is -0.123. The van der Waals surface area contributed by atoms with Gasteiger partial charge < -0.3 is 21.7 Å². The maximum Gasteiger partial charge on any atom is 0.405 e. The minimum absolute atomic E-state index is 0.0134. The van der Waals surface area contributed by atoms with E-state index in [0.717, 1.165) is 30.3 Å². The molecule has 2 heterocycles. The lowest BCUT2D eigenvalue weighted by Crippen LogP contribution is -2.34. The number of benzene rings is 1. The predicted octanol–water partition coefficient (Wildman–Crippen LogP) is 3.63. The molecule has 184 valence electrons. The van der Waals surface area contributed by atoms with E-state index in [1.54, 1.807) is 42.6 Å².